The van der Waals surface area contributed by atoms with Crippen LogP contribution in [0.3, 0.4) is 0 Å². The summed E-state index contributed by atoms with van der Waals surface area (Å²) in [6, 6.07) is 9.31. The standard InChI is InChI=1S/C22H26N4O5S/c1-15-4-6-16(7-5-15)12-24-19(28)14-26-21(29)20-17(8-11-32-20)25(22(26)30)13-18(27)23-9-3-10-31-2/h4-8,11H,3,9-10,12-14H2,1-2H3,(H,23,27)(H,24,28). The molecule has 0 unspecified atom stereocenters. The minimum Gasteiger partial charge on any atom is -0.385 e. The number of rotatable bonds is 10. The molecule has 0 fully saturated rings. The average molecular weight is 459 g/mol. The Labute approximate surface area is 188 Å². The number of hydrogen-bond donors (Lipinski definition) is 2. The van der Waals surface area contributed by atoms with Gasteiger partial charge in [-0.3, -0.25) is 19.0 Å². The summed E-state index contributed by atoms with van der Waals surface area (Å²) < 4.78 is 7.37. The van der Waals surface area contributed by atoms with Crippen molar-refractivity contribution >= 4 is 33.4 Å². The lowest BCUT2D eigenvalue weighted by Crippen LogP contribution is -2.45. The van der Waals surface area contributed by atoms with Crippen molar-refractivity contribution in [2.24, 2.45) is 0 Å². The topological polar surface area (TPSA) is 111 Å². The second kappa shape index (κ2) is 10.9. The Balaban J connectivity index is 1.77. The lowest BCUT2D eigenvalue weighted by Gasteiger charge is -2.12. The quantitative estimate of drug-likeness (QED) is 0.441. The molecule has 3 aromatic rings. The van der Waals surface area contributed by atoms with Gasteiger partial charge in [0.25, 0.3) is 5.56 Å². The lowest BCUT2D eigenvalue weighted by atomic mass is 10.1. The SMILES string of the molecule is COCCCNC(=O)Cn1c(=O)n(CC(=O)NCc2ccc(C)cc2)c(=O)c2sccc21. The maximum atomic E-state index is 13.0. The summed E-state index contributed by atoms with van der Waals surface area (Å²) in [7, 11) is 1.58. The normalized spacial score (nSPS) is 10.9. The Hall–Kier alpha value is -3.24. The molecular weight excluding hydrogens is 432 g/mol. The van der Waals surface area contributed by atoms with E-state index < -0.39 is 23.7 Å². The van der Waals surface area contributed by atoms with Crippen LogP contribution in [0.2, 0.25) is 0 Å². The van der Waals surface area contributed by atoms with Crippen LogP contribution in [-0.2, 0) is 34.0 Å². The molecule has 0 bridgehead atoms. The fraction of sp³-hybridized carbons (Fsp3) is 0.364. The summed E-state index contributed by atoms with van der Waals surface area (Å²) in [4.78, 5) is 50.6. The Morgan fingerprint density at radius 2 is 1.69 bits per heavy atom. The zero-order valence-corrected chi connectivity index (χ0v) is 18.9. The zero-order chi connectivity index (χ0) is 23.1. The van der Waals surface area contributed by atoms with E-state index in [2.05, 4.69) is 10.6 Å². The second-order valence-corrected chi connectivity index (χ2v) is 8.27. The van der Waals surface area contributed by atoms with Gasteiger partial charge in [0.15, 0.2) is 0 Å². The van der Waals surface area contributed by atoms with Gasteiger partial charge >= 0.3 is 5.69 Å². The van der Waals surface area contributed by atoms with Gasteiger partial charge in [0.2, 0.25) is 11.8 Å². The van der Waals surface area contributed by atoms with E-state index in [9.17, 15) is 19.2 Å². The van der Waals surface area contributed by atoms with E-state index in [4.69, 9.17) is 4.74 Å². The number of nitrogens with one attached hydrogen (secondary N) is 2. The number of thiophene rings is 1. The second-order valence-electron chi connectivity index (χ2n) is 7.35. The Kier molecular flexibility index (Phi) is 7.96. The third kappa shape index (κ3) is 5.71. The van der Waals surface area contributed by atoms with Gasteiger partial charge in [0, 0.05) is 26.8 Å². The van der Waals surface area contributed by atoms with Crippen LogP contribution in [-0.4, -0.2) is 41.2 Å². The van der Waals surface area contributed by atoms with E-state index in [1.807, 2.05) is 31.2 Å². The molecule has 0 aliphatic rings. The van der Waals surface area contributed by atoms with Crippen LogP contribution in [0.1, 0.15) is 17.5 Å². The van der Waals surface area contributed by atoms with Crippen molar-refractivity contribution in [3.8, 4) is 0 Å². The number of methoxy groups -OCH3 is 1. The maximum absolute atomic E-state index is 13.0. The molecule has 1 aromatic carbocycles. The van der Waals surface area contributed by atoms with Crippen molar-refractivity contribution < 1.29 is 14.3 Å². The number of ether oxygens (including phenoxy) is 1. The summed E-state index contributed by atoms with van der Waals surface area (Å²) in [6.07, 6.45) is 0.644. The van der Waals surface area contributed by atoms with Crippen LogP contribution in [0, 0.1) is 6.92 Å². The number of nitrogens with zero attached hydrogens (tertiary/aromatic N) is 2. The monoisotopic (exact) mass is 458 g/mol. The summed E-state index contributed by atoms with van der Waals surface area (Å²) in [6.45, 7) is 2.51. The van der Waals surface area contributed by atoms with Gasteiger partial charge in [-0.2, -0.15) is 0 Å². The highest BCUT2D eigenvalue weighted by atomic mass is 32.1. The number of aromatic nitrogens is 2. The molecule has 0 aliphatic carbocycles. The Bertz CT molecular complexity index is 1210. The van der Waals surface area contributed by atoms with Crippen LogP contribution in [0.15, 0.2) is 45.3 Å². The predicted octanol–water partition coefficient (Wildman–Crippen LogP) is 1.00. The van der Waals surface area contributed by atoms with E-state index in [0.717, 1.165) is 15.7 Å². The number of hydrogen-bond acceptors (Lipinski definition) is 6. The van der Waals surface area contributed by atoms with Gasteiger partial charge < -0.3 is 15.4 Å². The number of aryl methyl sites for hydroxylation is 1. The smallest absolute Gasteiger partial charge is 0.332 e. The first kappa shape index (κ1) is 23.4. The number of fused-ring (bicyclic) bond motifs is 1. The van der Waals surface area contributed by atoms with E-state index >= 15 is 0 Å². The Morgan fingerprint density at radius 1 is 1.00 bits per heavy atom. The highest BCUT2D eigenvalue weighted by molar-refractivity contribution is 7.17. The van der Waals surface area contributed by atoms with E-state index in [1.165, 1.54) is 15.9 Å². The lowest BCUT2D eigenvalue weighted by molar-refractivity contribution is -0.122. The van der Waals surface area contributed by atoms with Gasteiger partial charge in [-0.1, -0.05) is 29.8 Å². The van der Waals surface area contributed by atoms with Crippen molar-refractivity contribution in [2.45, 2.75) is 33.0 Å². The van der Waals surface area contributed by atoms with Crippen molar-refractivity contribution in [3.05, 3.63) is 67.7 Å². The fourth-order valence-electron chi connectivity index (χ4n) is 3.18. The summed E-state index contributed by atoms with van der Waals surface area (Å²) in [5, 5.41) is 7.14. The van der Waals surface area contributed by atoms with Crippen LogP contribution < -0.4 is 21.9 Å². The van der Waals surface area contributed by atoms with Gasteiger partial charge in [0.1, 0.15) is 17.8 Å². The molecule has 2 N–H and O–H groups in total. The molecule has 2 aromatic heterocycles. The summed E-state index contributed by atoms with van der Waals surface area (Å²) >= 11 is 1.17. The molecule has 2 amide bonds. The highest BCUT2D eigenvalue weighted by Crippen LogP contribution is 2.15. The molecule has 0 spiro atoms. The van der Waals surface area contributed by atoms with Gasteiger partial charge in [-0.05, 0) is 30.4 Å². The number of carbonyl (C=O) groups excluding carboxylic acids is 2. The first-order chi connectivity index (χ1) is 15.4. The molecule has 0 saturated heterocycles. The predicted molar refractivity (Wildman–Crippen MR) is 123 cm³/mol. The first-order valence-corrected chi connectivity index (χ1v) is 11.1. The largest absolute Gasteiger partial charge is 0.385 e. The maximum Gasteiger partial charge on any atom is 0.332 e. The van der Waals surface area contributed by atoms with Gasteiger partial charge in [-0.25, -0.2) is 9.36 Å². The van der Waals surface area contributed by atoms with Crippen LogP contribution in [0.25, 0.3) is 10.2 Å². The van der Waals surface area contributed by atoms with Crippen molar-refractivity contribution in [1.82, 2.24) is 19.8 Å². The minimum absolute atomic E-state index is 0.246. The molecular formula is C22H26N4O5S. The number of amides is 2. The highest BCUT2D eigenvalue weighted by Gasteiger charge is 2.18. The van der Waals surface area contributed by atoms with Crippen LogP contribution in [0.5, 0.6) is 0 Å². The third-order valence-corrected chi connectivity index (χ3v) is 5.79. The minimum atomic E-state index is -0.696. The summed E-state index contributed by atoms with van der Waals surface area (Å²) in [5.74, 6) is -0.819. The van der Waals surface area contributed by atoms with Crippen molar-refractivity contribution in [3.63, 3.8) is 0 Å². The van der Waals surface area contributed by atoms with Crippen LogP contribution in [0.4, 0.5) is 0 Å². The molecule has 0 saturated carbocycles. The average Bonchev–Trinajstić information content (AvgIpc) is 3.27. The molecule has 10 heteroatoms. The molecule has 3 rings (SSSR count). The molecule has 2 heterocycles. The number of carbonyl (C=O) groups is 2. The van der Waals surface area contributed by atoms with E-state index in [0.29, 0.717) is 29.8 Å². The summed E-state index contributed by atoms with van der Waals surface area (Å²) in [5.41, 5.74) is 1.17. The molecule has 170 valence electrons. The third-order valence-electron chi connectivity index (χ3n) is 4.90. The van der Waals surface area contributed by atoms with E-state index in [-0.39, 0.29) is 19.0 Å². The van der Waals surface area contributed by atoms with E-state index in [1.54, 1.807) is 18.6 Å². The molecule has 32 heavy (non-hydrogen) atoms. The molecule has 0 radical (unpaired) electrons. The first-order valence-electron chi connectivity index (χ1n) is 10.2. The molecule has 0 aliphatic heterocycles. The zero-order valence-electron chi connectivity index (χ0n) is 18.1. The van der Waals surface area contributed by atoms with Crippen molar-refractivity contribution in [1.29, 1.82) is 0 Å². The molecule has 9 nitrogen and oxygen atoms in total. The number of benzene rings is 1. The van der Waals surface area contributed by atoms with Crippen molar-refractivity contribution in [2.75, 3.05) is 20.3 Å². The molecule has 0 atom stereocenters. The Morgan fingerprint density at radius 3 is 2.41 bits per heavy atom. The fourth-order valence-corrected chi connectivity index (χ4v) is 4.02. The van der Waals surface area contributed by atoms with Crippen LogP contribution >= 0.6 is 11.3 Å². The van der Waals surface area contributed by atoms with Gasteiger partial charge in [0.05, 0.1) is 5.52 Å². The van der Waals surface area contributed by atoms with Gasteiger partial charge in [-0.15, -0.1) is 11.3 Å².